The number of ether oxygens (including phenoxy) is 6. The summed E-state index contributed by atoms with van der Waals surface area (Å²) in [4.78, 5) is 14.7. The van der Waals surface area contributed by atoms with Crippen LogP contribution in [0.2, 0.25) is 0 Å². The fourth-order valence-electron chi connectivity index (χ4n) is 7.55. The lowest BCUT2D eigenvalue weighted by Gasteiger charge is -2.45. The molecule has 1 aromatic heterocycles. The zero-order valence-corrected chi connectivity index (χ0v) is 32.6. The van der Waals surface area contributed by atoms with E-state index in [1.165, 1.54) is 14.0 Å². The first kappa shape index (κ1) is 44.6. The SMILES string of the molecule is COc1ccc(-c2oc3c(CC=C(C)C)c(O[C@@H]4O[C@H](CO)[C@@H](O)[C@H](O)[C@H]4O)cc(O)c3c(=O)c2O[C@@H]2O[C@@H](C)[C@H](O)[C@@H](C[C@@H]3O[C@H](CO)[C@@H](O)[C@H](O)[C@H]3O)[C@H]2O)cc1. The second kappa shape index (κ2) is 18.4. The van der Waals surface area contributed by atoms with Crippen molar-refractivity contribution in [3.8, 4) is 34.3 Å². The number of allylic oxidation sites excluding steroid dienone is 2. The van der Waals surface area contributed by atoms with Gasteiger partial charge in [-0.2, -0.15) is 0 Å². The fraction of sp³-hybridized carbons (Fsp3) is 0.575. The first-order chi connectivity index (χ1) is 28.0. The summed E-state index contributed by atoms with van der Waals surface area (Å²) in [6, 6.07) is 7.31. The number of benzene rings is 2. The van der Waals surface area contributed by atoms with Crippen molar-refractivity contribution in [1.82, 2.24) is 0 Å². The van der Waals surface area contributed by atoms with Crippen LogP contribution < -0.4 is 19.6 Å². The van der Waals surface area contributed by atoms with Crippen LogP contribution in [0, 0.1) is 5.92 Å². The molecule has 4 heterocycles. The van der Waals surface area contributed by atoms with Gasteiger partial charge < -0.3 is 89.0 Å². The third-order valence-corrected chi connectivity index (χ3v) is 11.0. The van der Waals surface area contributed by atoms with Crippen LogP contribution in [0.25, 0.3) is 22.3 Å². The Bertz CT molecular complexity index is 1990. The summed E-state index contributed by atoms with van der Waals surface area (Å²) < 4.78 is 41.0. The molecule has 3 aliphatic rings. The molecule has 19 heteroatoms. The molecule has 3 fully saturated rings. The first-order valence-corrected chi connectivity index (χ1v) is 19.1. The van der Waals surface area contributed by atoms with Gasteiger partial charge in [-0.05, 0) is 57.9 Å². The van der Waals surface area contributed by atoms with Crippen molar-refractivity contribution in [1.29, 1.82) is 0 Å². The van der Waals surface area contributed by atoms with Crippen LogP contribution in [0.15, 0.2) is 51.2 Å². The second-order valence-electron chi connectivity index (χ2n) is 15.3. The van der Waals surface area contributed by atoms with Gasteiger partial charge in [0.1, 0.15) is 83.2 Å². The Labute approximate surface area is 337 Å². The van der Waals surface area contributed by atoms with E-state index in [1.807, 2.05) is 13.8 Å². The van der Waals surface area contributed by atoms with E-state index in [4.69, 9.17) is 32.8 Å². The van der Waals surface area contributed by atoms with Crippen LogP contribution in [0.4, 0.5) is 0 Å². The van der Waals surface area contributed by atoms with Gasteiger partial charge in [0.15, 0.2) is 5.76 Å². The van der Waals surface area contributed by atoms with Crippen LogP contribution in [0.5, 0.6) is 23.0 Å². The Morgan fingerprint density at radius 1 is 0.746 bits per heavy atom. The molecule has 3 aliphatic heterocycles. The average Bonchev–Trinajstić information content (AvgIpc) is 3.21. The van der Waals surface area contributed by atoms with Crippen LogP contribution in [-0.4, -0.2) is 162 Å². The lowest BCUT2D eigenvalue weighted by atomic mass is 9.81. The van der Waals surface area contributed by atoms with Gasteiger partial charge in [-0.1, -0.05) is 11.6 Å². The molecule has 3 aromatic rings. The molecule has 3 saturated heterocycles. The van der Waals surface area contributed by atoms with E-state index in [0.29, 0.717) is 5.75 Å². The minimum atomic E-state index is -1.81. The van der Waals surface area contributed by atoms with E-state index >= 15 is 0 Å². The summed E-state index contributed by atoms with van der Waals surface area (Å²) in [5.74, 6) is -2.33. The Hall–Kier alpha value is -3.93. The maximum Gasteiger partial charge on any atom is 0.239 e. The smallest absolute Gasteiger partial charge is 0.239 e. The highest BCUT2D eigenvalue weighted by atomic mass is 16.7. The molecule has 19 nitrogen and oxygen atoms in total. The summed E-state index contributed by atoms with van der Waals surface area (Å²) in [7, 11) is 1.45. The minimum Gasteiger partial charge on any atom is -0.507 e. The van der Waals surface area contributed by atoms with Crippen LogP contribution in [0.1, 0.15) is 32.8 Å². The molecule has 0 aliphatic carbocycles. The van der Waals surface area contributed by atoms with E-state index in [2.05, 4.69) is 0 Å². The molecule has 326 valence electrons. The number of phenols is 1. The number of rotatable bonds is 12. The monoisotopic (exact) mass is 836 g/mol. The van der Waals surface area contributed by atoms with Gasteiger partial charge in [-0.15, -0.1) is 0 Å². The lowest BCUT2D eigenvalue weighted by Crippen LogP contribution is -2.61. The van der Waals surface area contributed by atoms with Crippen LogP contribution >= 0.6 is 0 Å². The van der Waals surface area contributed by atoms with Gasteiger partial charge >= 0.3 is 0 Å². The number of methoxy groups -OCH3 is 1. The Morgan fingerprint density at radius 2 is 1.34 bits per heavy atom. The van der Waals surface area contributed by atoms with E-state index < -0.39 is 127 Å². The highest BCUT2D eigenvalue weighted by Gasteiger charge is 2.50. The van der Waals surface area contributed by atoms with Gasteiger partial charge in [0.25, 0.3) is 0 Å². The van der Waals surface area contributed by atoms with Crippen molar-refractivity contribution in [2.75, 3.05) is 20.3 Å². The number of fused-ring (bicyclic) bond motifs is 1. The predicted octanol–water partition coefficient (Wildman–Crippen LogP) is -1.44. The number of hydrogen-bond donors (Lipinski definition) is 11. The van der Waals surface area contributed by atoms with Crippen molar-refractivity contribution in [2.45, 2.75) is 119 Å². The average molecular weight is 837 g/mol. The molecular weight excluding hydrogens is 784 g/mol. The molecule has 6 rings (SSSR count). The van der Waals surface area contributed by atoms with E-state index in [0.717, 1.165) is 11.6 Å². The first-order valence-electron chi connectivity index (χ1n) is 19.1. The molecule has 59 heavy (non-hydrogen) atoms. The standard InChI is InChI=1S/C40H52O19/c1-15(2)5-10-19-22(56-40-35(52)34(51)31(48)25(14-42)57-40)12-21(43)26-32(49)38(36(58-37(19)26)17-6-8-18(53-4)9-7-17)59-39-28(45)20(27(44)16(3)54-39)11-23-29(46)33(50)30(47)24(13-41)55-23/h5-9,12,16,20,23-25,27-31,33-35,39-48,50-52H,10-11,13-14H2,1-4H3/t16-,20+,23-,24+,25+,27-,28+,29-,30+,31+,33+,34-,35+,39-,40+/m0/s1. The molecule has 0 amide bonds. The number of aliphatic hydroxyl groups excluding tert-OH is 10. The zero-order valence-electron chi connectivity index (χ0n) is 32.6. The Balaban J connectivity index is 1.45. The van der Waals surface area contributed by atoms with Crippen molar-refractivity contribution in [2.24, 2.45) is 5.92 Å². The number of aromatic hydroxyl groups is 1. The summed E-state index contributed by atoms with van der Waals surface area (Å²) in [6.45, 7) is 3.66. The summed E-state index contributed by atoms with van der Waals surface area (Å²) in [5, 5.41) is 116. The third-order valence-electron chi connectivity index (χ3n) is 11.0. The van der Waals surface area contributed by atoms with E-state index in [-0.39, 0.29) is 41.1 Å². The highest BCUT2D eigenvalue weighted by Crippen LogP contribution is 2.42. The Morgan fingerprint density at radius 3 is 1.95 bits per heavy atom. The number of aliphatic hydroxyl groups is 10. The number of phenolic OH excluding ortho intramolecular Hbond substituents is 1. The molecule has 15 atom stereocenters. The number of hydrogen-bond acceptors (Lipinski definition) is 19. The summed E-state index contributed by atoms with van der Waals surface area (Å²) in [5.41, 5.74) is 0.122. The van der Waals surface area contributed by atoms with Crippen LogP contribution in [-0.2, 0) is 20.6 Å². The van der Waals surface area contributed by atoms with E-state index in [1.54, 1.807) is 30.3 Å². The van der Waals surface area contributed by atoms with Gasteiger partial charge in [0.05, 0.1) is 38.6 Å². The van der Waals surface area contributed by atoms with Crippen molar-refractivity contribution >= 4 is 11.0 Å². The van der Waals surface area contributed by atoms with Crippen molar-refractivity contribution < 1.29 is 89.0 Å². The van der Waals surface area contributed by atoms with E-state index in [9.17, 15) is 61.0 Å². The molecule has 2 aromatic carbocycles. The highest BCUT2D eigenvalue weighted by molar-refractivity contribution is 5.91. The molecule has 0 radical (unpaired) electrons. The maximum absolute atomic E-state index is 14.7. The van der Waals surface area contributed by atoms with Gasteiger partial charge in [0.2, 0.25) is 23.8 Å². The maximum atomic E-state index is 14.7. The summed E-state index contributed by atoms with van der Waals surface area (Å²) in [6.07, 6.45) is -20.2. The fourth-order valence-corrected chi connectivity index (χ4v) is 7.55. The largest absolute Gasteiger partial charge is 0.507 e. The normalized spacial score (nSPS) is 35.0. The zero-order chi connectivity index (χ0) is 43.0. The molecule has 0 spiro atoms. The van der Waals surface area contributed by atoms with Gasteiger partial charge in [0, 0.05) is 23.1 Å². The Kier molecular flexibility index (Phi) is 13.9. The quantitative estimate of drug-likeness (QED) is 0.0931. The second-order valence-corrected chi connectivity index (χ2v) is 15.3. The van der Waals surface area contributed by atoms with Crippen molar-refractivity contribution in [3.63, 3.8) is 0 Å². The topological polar surface area (TPSA) is 308 Å². The molecular formula is C40H52O19. The van der Waals surface area contributed by atoms with Gasteiger partial charge in [-0.25, -0.2) is 0 Å². The predicted molar refractivity (Wildman–Crippen MR) is 203 cm³/mol. The van der Waals surface area contributed by atoms with Gasteiger partial charge in [-0.3, -0.25) is 4.79 Å². The lowest BCUT2D eigenvalue weighted by molar-refractivity contribution is -0.277. The molecule has 11 N–H and O–H groups in total. The molecule has 0 bridgehead atoms. The molecule has 0 saturated carbocycles. The minimum absolute atomic E-state index is 0.0244. The van der Waals surface area contributed by atoms with Crippen molar-refractivity contribution in [3.05, 3.63) is 57.8 Å². The third kappa shape index (κ3) is 8.80. The van der Waals surface area contributed by atoms with Crippen LogP contribution in [0.3, 0.4) is 0 Å². The summed E-state index contributed by atoms with van der Waals surface area (Å²) >= 11 is 0. The molecule has 0 unspecified atom stereocenters.